The minimum absolute atomic E-state index is 0. The number of pyridine rings is 1. The minimum atomic E-state index is -0.442. The van der Waals surface area contributed by atoms with Crippen LogP contribution in [-0.4, -0.2) is 35.1 Å². The Morgan fingerprint density at radius 2 is 1.59 bits per heavy atom. The second kappa shape index (κ2) is 15.5. The van der Waals surface area contributed by atoms with E-state index in [0.717, 1.165) is 22.2 Å². The first-order valence-corrected chi connectivity index (χ1v) is 11.3. The van der Waals surface area contributed by atoms with Crippen LogP contribution in [0.3, 0.4) is 0 Å². The number of carbonyl (C=O) groups excluding carboxylic acids is 1. The number of hydrogen-bond donors (Lipinski definition) is 1. The standard InChI is InChI=1S/C14H12N4.C14H13O4.CO.Ru/c1-9-17-13-6-5-10(8-11(13)14(15)18-9)12-4-2-3-7-16-12;1-16-11-8-5-9-12(17-2)13(11)18-14(15)10-6-3-4-7-10;1-2;/h2-8H,1H3,(H2,15,17,18);3-9H,1-2H3;;/q;;;+2. The Bertz CT molecular complexity index is 1370. The van der Waals surface area contributed by atoms with Gasteiger partial charge in [0.1, 0.15) is 11.6 Å². The Morgan fingerprint density at radius 1 is 0.923 bits per heavy atom. The van der Waals surface area contributed by atoms with Gasteiger partial charge in [-0.05, 0) is 69.0 Å². The maximum absolute atomic E-state index is 11.9. The van der Waals surface area contributed by atoms with Gasteiger partial charge >= 0.3 is 36.7 Å². The molecule has 4 aromatic rings. The summed E-state index contributed by atoms with van der Waals surface area (Å²) in [6.07, 6.45) is 8.69. The molecule has 9 nitrogen and oxygen atoms in total. The van der Waals surface area contributed by atoms with Gasteiger partial charge in [0.2, 0.25) is 5.75 Å². The van der Waals surface area contributed by atoms with Crippen molar-refractivity contribution in [2.24, 2.45) is 0 Å². The quantitative estimate of drug-likeness (QED) is 0.115. The third-order valence-corrected chi connectivity index (χ3v) is 5.27. The van der Waals surface area contributed by atoms with Crippen molar-refractivity contribution in [3.8, 4) is 28.5 Å². The third kappa shape index (κ3) is 8.07. The maximum Gasteiger partial charge on any atom is 2.00 e. The van der Waals surface area contributed by atoms with Crippen LogP contribution in [0.15, 0.2) is 60.8 Å². The number of fused-ring (bicyclic) bond motifs is 1. The number of ether oxygens (including phenoxy) is 3. The predicted octanol–water partition coefficient (Wildman–Crippen LogP) is 4.56. The molecule has 10 heteroatoms. The Hall–Kier alpha value is -3.84. The van der Waals surface area contributed by atoms with E-state index in [4.69, 9.17) is 24.6 Å². The van der Waals surface area contributed by atoms with Crippen molar-refractivity contribution in [3.05, 3.63) is 105 Å². The molecule has 0 spiro atoms. The molecular weight excluding hydrogens is 585 g/mol. The molecule has 1 fully saturated rings. The summed E-state index contributed by atoms with van der Waals surface area (Å²) in [4.78, 5) is 24.7. The molecule has 0 amide bonds. The number of benzene rings is 2. The topological polar surface area (TPSA) is 129 Å². The fraction of sp³-hybridized carbons (Fsp3) is 0.103. The van der Waals surface area contributed by atoms with Gasteiger partial charge in [0.15, 0.2) is 11.5 Å². The van der Waals surface area contributed by atoms with Gasteiger partial charge in [-0.1, -0.05) is 18.2 Å². The van der Waals surface area contributed by atoms with Crippen molar-refractivity contribution in [3.63, 3.8) is 0 Å². The number of rotatable bonds is 5. The van der Waals surface area contributed by atoms with E-state index in [1.54, 1.807) is 50.1 Å². The van der Waals surface area contributed by atoms with Gasteiger partial charge in [0.05, 0.1) is 31.3 Å². The van der Waals surface area contributed by atoms with Gasteiger partial charge in [-0.25, -0.2) is 9.97 Å². The zero-order valence-corrected chi connectivity index (χ0v) is 23.1. The van der Waals surface area contributed by atoms with E-state index in [1.807, 2.05) is 43.3 Å². The molecule has 2 aromatic heterocycles. The number of methoxy groups -OCH3 is 2. The van der Waals surface area contributed by atoms with Crippen LogP contribution in [0.25, 0.3) is 22.2 Å². The van der Waals surface area contributed by atoms with Crippen LogP contribution in [0.1, 0.15) is 5.82 Å². The van der Waals surface area contributed by atoms with Gasteiger partial charge in [-0.3, -0.25) is 9.78 Å². The van der Waals surface area contributed by atoms with Gasteiger partial charge < -0.3 is 19.9 Å². The molecule has 5 radical (unpaired) electrons. The smallest absolute Gasteiger partial charge is 2.00 e. The molecule has 2 aromatic carbocycles. The van der Waals surface area contributed by atoms with E-state index in [-0.39, 0.29) is 25.2 Å². The predicted molar refractivity (Wildman–Crippen MR) is 141 cm³/mol. The molecule has 39 heavy (non-hydrogen) atoms. The molecule has 1 aliphatic rings. The summed E-state index contributed by atoms with van der Waals surface area (Å²) in [5.41, 5.74) is 8.73. The normalized spacial score (nSPS) is 12.1. The number of para-hydroxylation sites is 1. The summed E-state index contributed by atoms with van der Waals surface area (Å²) >= 11 is 0. The van der Waals surface area contributed by atoms with E-state index in [9.17, 15) is 4.79 Å². The maximum atomic E-state index is 11.9. The summed E-state index contributed by atoms with van der Waals surface area (Å²) < 4.78 is 23.1. The van der Waals surface area contributed by atoms with Crippen molar-refractivity contribution in [1.82, 2.24) is 15.0 Å². The molecule has 0 bridgehead atoms. The van der Waals surface area contributed by atoms with Gasteiger partial charge in [0, 0.05) is 17.1 Å². The second-order valence-electron chi connectivity index (χ2n) is 7.66. The summed E-state index contributed by atoms with van der Waals surface area (Å²) in [5, 5.41) is 0.865. The molecule has 0 saturated heterocycles. The van der Waals surface area contributed by atoms with Gasteiger partial charge in [-0.2, -0.15) is 0 Å². The molecule has 2 heterocycles. The number of carbonyl (C=O) groups is 1. The van der Waals surface area contributed by atoms with Crippen molar-refractivity contribution in [1.29, 1.82) is 0 Å². The Labute approximate surface area is 240 Å². The van der Waals surface area contributed by atoms with Crippen molar-refractivity contribution < 1.29 is 43.1 Å². The first-order valence-electron chi connectivity index (χ1n) is 11.3. The van der Waals surface area contributed by atoms with Crippen LogP contribution < -0.4 is 19.9 Å². The molecule has 0 unspecified atom stereocenters. The Balaban J connectivity index is 0.000000251. The van der Waals surface area contributed by atoms with Crippen LogP contribution in [0, 0.1) is 45.2 Å². The van der Waals surface area contributed by atoms with E-state index < -0.39 is 5.97 Å². The number of nitrogens with two attached hydrogens (primary N) is 1. The van der Waals surface area contributed by atoms with Crippen molar-refractivity contribution >= 4 is 22.7 Å². The van der Waals surface area contributed by atoms with Crippen molar-refractivity contribution in [2.45, 2.75) is 6.92 Å². The van der Waals surface area contributed by atoms with E-state index >= 15 is 0 Å². The molecule has 1 saturated carbocycles. The van der Waals surface area contributed by atoms with E-state index in [1.165, 1.54) is 14.2 Å². The molecule has 197 valence electrons. The number of aryl methyl sites for hydroxylation is 1. The molecule has 0 atom stereocenters. The summed E-state index contributed by atoms with van der Waals surface area (Å²) in [7, 11) is 3.02. The Kier molecular flexibility index (Phi) is 12.5. The minimum Gasteiger partial charge on any atom is 2.00 e. The third-order valence-electron chi connectivity index (χ3n) is 5.27. The SMILES string of the molecule is COc1cccc(OC)c1OC(=O)[C]1[CH][CH][CH][CH]1.Cc1nc(N)c2cc(-c3ccccn3)ccc2n1.[C-]#[O+].[Ru+2]. The first kappa shape index (κ1) is 31.4. The Morgan fingerprint density at radius 3 is 2.18 bits per heavy atom. The molecule has 5 rings (SSSR count). The van der Waals surface area contributed by atoms with Crippen LogP contribution in [-0.2, 0) is 28.9 Å². The van der Waals surface area contributed by atoms with Gasteiger partial charge in [0.25, 0.3) is 0 Å². The van der Waals surface area contributed by atoms with E-state index in [2.05, 4.69) is 21.6 Å². The molecular formula is C29H25N4O5Ru+2. The number of anilines is 1. The number of hydrogen-bond acceptors (Lipinski definition) is 8. The summed E-state index contributed by atoms with van der Waals surface area (Å²) in [6.45, 7) is 6.34. The number of nitrogens with zero attached hydrogens (tertiary/aromatic N) is 3. The van der Waals surface area contributed by atoms with Crippen LogP contribution >= 0.6 is 0 Å². The number of esters is 1. The zero-order valence-electron chi connectivity index (χ0n) is 21.4. The fourth-order valence-corrected chi connectivity index (χ4v) is 3.54. The van der Waals surface area contributed by atoms with E-state index in [0.29, 0.717) is 29.1 Å². The average molecular weight is 611 g/mol. The summed E-state index contributed by atoms with van der Waals surface area (Å²) in [5.74, 6) is 2.43. The summed E-state index contributed by atoms with van der Waals surface area (Å²) in [6, 6.07) is 16.9. The fourth-order valence-electron chi connectivity index (χ4n) is 3.54. The van der Waals surface area contributed by atoms with Crippen LogP contribution in [0.4, 0.5) is 5.82 Å². The number of nitrogen functional groups attached to an aromatic ring is 1. The molecule has 0 aliphatic heterocycles. The monoisotopic (exact) mass is 611 g/mol. The molecule has 2 N–H and O–H groups in total. The average Bonchev–Trinajstić information content (AvgIpc) is 3.50. The zero-order chi connectivity index (χ0) is 27.5. The van der Waals surface area contributed by atoms with Crippen molar-refractivity contribution in [2.75, 3.05) is 20.0 Å². The first-order chi connectivity index (χ1) is 18.5. The van der Waals surface area contributed by atoms with Crippen LogP contribution in [0.5, 0.6) is 17.2 Å². The largest absolute Gasteiger partial charge is 2.00 e. The number of aromatic nitrogens is 3. The molecule has 1 aliphatic carbocycles. The van der Waals surface area contributed by atoms with Gasteiger partial charge in [-0.15, -0.1) is 0 Å². The van der Waals surface area contributed by atoms with Crippen LogP contribution in [0.2, 0.25) is 0 Å². The second-order valence-corrected chi connectivity index (χ2v) is 7.66.